The van der Waals surface area contributed by atoms with Crippen molar-refractivity contribution in [3.63, 3.8) is 0 Å². The van der Waals surface area contributed by atoms with E-state index in [1.807, 2.05) is 0 Å². The highest BCUT2D eigenvalue weighted by Crippen LogP contribution is 2.41. The molecule has 0 N–H and O–H groups in total. The predicted octanol–water partition coefficient (Wildman–Crippen LogP) is 4.57. The number of piperidine rings is 1. The molecule has 0 aliphatic carbocycles. The highest BCUT2D eigenvalue weighted by atomic mass is 15.1. The fourth-order valence-corrected chi connectivity index (χ4v) is 3.54. The van der Waals surface area contributed by atoms with Crippen LogP contribution in [0, 0.1) is 16.7 Å². The summed E-state index contributed by atoms with van der Waals surface area (Å²) in [6, 6.07) is 0. The van der Waals surface area contributed by atoms with Gasteiger partial charge in [-0.05, 0) is 62.6 Å². The zero-order valence-electron chi connectivity index (χ0n) is 13.0. The summed E-state index contributed by atoms with van der Waals surface area (Å²) >= 11 is 0. The van der Waals surface area contributed by atoms with Gasteiger partial charge in [0.05, 0.1) is 0 Å². The molecule has 1 saturated heterocycles. The smallest absolute Gasteiger partial charge is 0.00191 e. The van der Waals surface area contributed by atoms with Crippen LogP contribution in [0.2, 0.25) is 0 Å². The first kappa shape index (κ1) is 15.0. The molecule has 0 aromatic carbocycles. The van der Waals surface area contributed by atoms with Crippen molar-refractivity contribution in [3.8, 4) is 0 Å². The summed E-state index contributed by atoms with van der Waals surface area (Å²) < 4.78 is 0. The van der Waals surface area contributed by atoms with E-state index in [4.69, 9.17) is 0 Å². The molecule has 17 heavy (non-hydrogen) atoms. The average Bonchev–Trinajstić information content (AvgIpc) is 2.20. The molecule has 102 valence electrons. The molecule has 0 amide bonds. The Morgan fingerprint density at radius 3 is 2.00 bits per heavy atom. The third kappa shape index (κ3) is 5.42. The van der Waals surface area contributed by atoms with E-state index in [1.54, 1.807) is 0 Å². The van der Waals surface area contributed by atoms with Crippen molar-refractivity contribution in [2.24, 2.45) is 16.7 Å². The molecular formula is C16H33N. The van der Waals surface area contributed by atoms with Crippen LogP contribution in [0.25, 0.3) is 0 Å². The summed E-state index contributed by atoms with van der Waals surface area (Å²) in [6.07, 6.45) is 6.90. The van der Waals surface area contributed by atoms with Crippen LogP contribution < -0.4 is 0 Å². The minimum Gasteiger partial charge on any atom is -0.306 e. The summed E-state index contributed by atoms with van der Waals surface area (Å²) in [5, 5.41) is 0. The van der Waals surface area contributed by atoms with Crippen molar-refractivity contribution < 1.29 is 0 Å². The molecule has 1 heteroatoms. The van der Waals surface area contributed by atoms with Crippen molar-refractivity contribution >= 4 is 0 Å². The monoisotopic (exact) mass is 239 g/mol. The third-order valence-electron chi connectivity index (χ3n) is 4.59. The van der Waals surface area contributed by atoms with Crippen molar-refractivity contribution in [2.45, 2.75) is 66.7 Å². The van der Waals surface area contributed by atoms with Crippen LogP contribution in [0.15, 0.2) is 0 Å². The molecule has 0 spiro atoms. The minimum absolute atomic E-state index is 0.509. The van der Waals surface area contributed by atoms with Gasteiger partial charge >= 0.3 is 0 Å². The molecule has 0 bridgehead atoms. The van der Waals surface area contributed by atoms with Gasteiger partial charge in [0.1, 0.15) is 0 Å². The van der Waals surface area contributed by atoms with Crippen LogP contribution in [0.3, 0.4) is 0 Å². The van der Waals surface area contributed by atoms with Gasteiger partial charge in [-0.1, -0.05) is 41.0 Å². The molecule has 0 radical (unpaired) electrons. The van der Waals surface area contributed by atoms with Gasteiger partial charge in [0.15, 0.2) is 0 Å². The van der Waals surface area contributed by atoms with E-state index >= 15 is 0 Å². The molecule has 0 saturated carbocycles. The molecule has 1 aliphatic heterocycles. The number of rotatable bonds is 5. The maximum Gasteiger partial charge on any atom is -0.00191 e. The molecule has 1 nitrogen and oxygen atoms in total. The lowest BCUT2D eigenvalue weighted by molar-refractivity contribution is 0.121. The first-order valence-corrected chi connectivity index (χ1v) is 7.43. The lowest BCUT2D eigenvalue weighted by Gasteiger charge is -2.39. The Bertz CT molecular complexity index is 222. The van der Waals surface area contributed by atoms with E-state index in [2.05, 4.69) is 46.6 Å². The molecule has 1 aliphatic rings. The van der Waals surface area contributed by atoms with Crippen LogP contribution in [0.5, 0.6) is 0 Å². The highest BCUT2D eigenvalue weighted by molar-refractivity contribution is 4.82. The molecule has 1 rings (SSSR count). The molecule has 0 unspecified atom stereocenters. The largest absolute Gasteiger partial charge is 0.306 e. The van der Waals surface area contributed by atoms with Gasteiger partial charge in [0, 0.05) is 0 Å². The first-order chi connectivity index (χ1) is 7.74. The second kappa shape index (κ2) is 5.73. The van der Waals surface area contributed by atoms with E-state index in [9.17, 15) is 0 Å². The Labute approximate surface area is 109 Å². The standard InChI is InChI=1S/C16H33N/c1-7-15(2,3)13-16(4,5)12-14-8-10-17(6)11-9-14/h14H,7-13H2,1-6H3. The van der Waals surface area contributed by atoms with Gasteiger partial charge in [0.2, 0.25) is 0 Å². The fourth-order valence-electron chi connectivity index (χ4n) is 3.54. The van der Waals surface area contributed by atoms with Crippen LogP contribution in [-0.4, -0.2) is 25.0 Å². The number of hydrogen-bond acceptors (Lipinski definition) is 1. The normalized spacial score (nSPS) is 20.8. The summed E-state index contributed by atoms with van der Waals surface area (Å²) in [6.45, 7) is 14.7. The number of hydrogen-bond donors (Lipinski definition) is 0. The zero-order valence-corrected chi connectivity index (χ0v) is 13.0. The summed E-state index contributed by atoms with van der Waals surface area (Å²) in [4.78, 5) is 2.47. The van der Waals surface area contributed by atoms with Crippen LogP contribution >= 0.6 is 0 Å². The maximum absolute atomic E-state index is 2.47. The van der Waals surface area contributed by atoms with E-state index in [0.717, 1.165) is 5.92 Å². The molecule has 1 heterocycles. The van der Waals surface area contributed by atoms with Crippen LogP contribution in [0.1, 0.15) is 66.7 Å². The average molecular weight is 239 g/mol. The van der Waals surface area contributed by atoms with E-state index in [0.29, 0.717) is 10.8 Å². The molecular weight excluding hydrogens is 206 g/mol. The second-order valence-corrected chi connectivity index (χ2v) is 7.81. The quantitative estimate of drug-likeness (QED) is 0.679. The zero-order chi connectivity index (χ0) is 13.1. The Hall–Kier alpha value is -0.0400. The third-order valence-corrected chi connectivity index (χ3v) is 4.59. The molecule has 0 aromatic heterocycles. The van der Waals surface area contributed by atoms with Gasteiger partial charge in [0.25, 0.3) is 0 Å². The van der Waals surface area contributed by atoms with Crippen molar-refractivity contribution in [1.82, 2.24) is 4.90 Å². The molecule has 0 aromatic rings. The fraction of sp³-hybridized carbons (Fsp3) is 1.00. The van der Waals surface area contributed by atoms with Crippen molar-refractivity contribution in [2.75, 3.05) is 20.1 Å². The lowest BCUT2D eigenvalue weighted by Crippen LogP contribution is -2.33. The minimum atomic E-state index is 0.509. The van der Waals surface area contributed by atoms with Crippen molar-refractivity contribution in [1.29, 1.82) is 0 Å². The van der Waals surface area contributed by atoms with Crippen LogP contribution in [0.4, 0.5) is 0 Å². The van der Waals surface area contributed by atoms with E-state index < -0.39 is 0 Å². The van der Waals surface area contributed by atoms with E-state index in [-0.39, 0.29) is 0 Å². The van der Waals surface area contributed by atoms with Gasteiger partial charge < -0.3 is 4.90 Å². The Morgan fingerprint density at radius 2 is 1.53 bits per heavy atom. The van der Waals surface area contributed by atoms with Crippen LogP contribution in [-0.2, 0) is 0 Å². The summed E-state index contributed by atoms with van der Waals surface area (Å²) in [7, 11) is 2.25. The Kier molecular flexibility index (Phi) is 5.07. The second-order valence-electron chi connectivity index (χ2n) is 7.81. The maximum atomic E-state index is 2.47. The number of likely N-dealkylation sites (tertiary alicyclic amines) is 1. The van der Waals surface area contributed by atoms with Gasteiger partial charge in [-0.15, -0.1) is 0 Å². The Balaban J connectivity index is 2.43. The summed E-state index contributed by atoms with van der Waals surface area (Å²) in [5.74, 6) is 0.967. The Morgan fingerprint density at radius 1 is 1.00 bits per heavy atom. The van der Waals surface area contributed by atoms with Gasteiger partial charge in [-0.3, -0.25) is 0 Å². The number of nitrogens with zero attached hydrogens (tertiary/aromatic N) is 1. The van der Waals surface area contributed by atoms with Gasteiger partial charge in [-0.25, -0.2) is 0 Å². The summed E-state index contributed by atoms with van der Waals surface area (Å²) in [5.41, 5.74) is 1.02. The molecule has 1 fully saturated rings. The topological polar surface area (TPSA) is 3.24 Å². The van der Waals surface area contributed by atoms with Crippen molar-refractivity contribution in [3.05, 3.63) is 0 Å². The highest BCUT2D eigenvalue weighted by Gasteiger charge is 2.30. The first-order valence-electron chi connectivity index (χ1n) is 7.43. The van der Waals surface area contributed by atoms with Gasteiger partial charge in [-0.2, -0.15) is 0 Å². The predicted molar refractivity (Wildman–Crippen MR) is 77.3 cm³/mol. The van der Waals surface area contributed by atoms with E-state index in [1.165, 1.54) is 45.2 Å². The molecule has 0 atom stereocenters. The lowest BCUT2D eigenvalue weighted by atomic mass is 9.69. The SMILES string of the molecule is CCC(C)(C)CC(C)(C)CC1CCN(C)CC1.